The first-order valence-electron chi connectivity index (χ1n) is 7.07. The van der Waals surface area contributed by atoms with Crippen molar-refractivity contribution in [2.45, 2.75) is 37.8 Å². The molecule has 1 N–H and O–H groups in total. The Hall–Kier alpha value is -1.39. The number of rotatable bonds is 3. The molecule has 0 heterocycles. The highest BCUT2D eigenvalue weighted by molar-refractivity contribution is 6.32. The lowest BCUT2D eigenvalue weighted by Gasteiger charge is -2.34. The molecule has 1 fully saturated rings. The number of amides is 1. The van der Waals surface area contributed by atoms with Gasteiger partial charge >= 0.3 is 0 Å². The van der Waals surface area contributed by atoms with E-state index in [0.717, 1.165) is 19.3 Å². The summed E-state index contributed by atoms with van der Waals surface area (Å²) in [5.74, 6) is -0.729. The second kappa shape index (κ2) is 7.05. The van der Waals surface area contributed by atoms with Crippen LogP contribution in [-0.2, 0) is 4.79 Å². The average molecular weight is 312 g/mol. The van der Waals surface area contributed by atoms with E-state index in [1.54, 1.807) is 13.1 Å². The molecule has 1 aromatic carbocycles. The fourth-order valence-corrected chi connectivity index (χ4v) is 2.88. The number of aliphatic hydroxyl groups is 1. The van der Waals surface area contributed by atoms with Gasteiger partial charge in [0.15, 0.2) is 0 Å². The van der Waals surface area contributed by atoms with E-state index in [1.165, 1.54) is 29.2 Å². The minimum absolute atomic E-state index is 0.174. The molecule has 2 rings (SSSR count). The molecule has 0 radical (unpaired) electrons. The summed E-state index contributed by atoms with van der Waals surface area (Å²) >= 11 is 5.91. The second-order valence-corrected chi connectivity index (χ2v) is 5.74. The number of nitrogens with zero attached hydrogens (tertiary/aromatic N) is 1. The standard InChI is InChI=1S/C16H19ClFNO2/c1-19(14-7-2-3-8-15(14)20)16(21)10-9-11-12(17)5-4-6-13(11)18/h4-6,9-10,14-15,20H,2-3,7-8H2,1H3/b10-9+. The Balaban J connectivity index is 2.08. The number of likely N-dealkylation sites (N-methyl/N-ethyl adjacent to an activating group) is 1. The van der Waals surface area contributed by atoms with Gasteiger partial charge in [0.05, 0.1) is 17.2 Å². The molecule has 21 heavy (non-hydrogen) atoms. The molecule has 1 aromatic rings. The van der Waals surface area contributed by atoms with Gasteiger partial charge in [-0.05, 0) is 31.1 Å². The Kier molecular flexibility index (Phi) is 5.37. The Morgan fingerprint density at radius 1 is 1.43 bits per heavy atom. The first-order valence-corrected chi connectivity index (χ1v) is 7.45. The van der Waals surface area contributed by atoms with Crippen LogP contribution in [0.3, 0.4) is 0 Å². The van der Waals surface area contributed by atoms with E-state index < -0.39 is 11.9 Å². The number of hydrogen-bond acceptors (Lipinski definition) is 2. The van der Waals surface area contributed by atoms with Crippen LogP contribution in [0.25, 0.3) is 6.08 Å². The molecule has 114 valence electrons. The summed E-state index contributed by atoms with van der Waals surface area (Å²) in [7, 11) is 1.66. The third kappa shape index (κ3) is 3.83. The van der Waals surface area contributed by atoms with Crippen molar-refractivity contribution in [1.29, 1.82) is 0 Å². The molecule has 3 nitrogen and oxygen atoms in total. The van der Waals surface area contributed by atoms with Gasteiger partial charge in [0.1, 0.15) is 5.82 Å². The van der Waals surface area contributed by atoms with Crippen LogP contribution in [0.15, 0.2) is 24.3 Å². The van der Waals surface area contributed by atoms with Crippen molar-refractivity contribution in [3.63, 3.8) is 0 Å². The number of carbonyl (C=O) groups is 1. The normalized spacial score (nSPS) is 22.5. The fraction of sp³-hybridized carbons (Fsp3) is 0.438. The van der Waals surface area contributed by atoms with Crippen molar-refractivity contribution in [2.24, 2.45) is 0 Å². The second-order valence-electron chi connectivity index (χ2n) is 5.34. The quantitative estimate of drug-likeness (QED) is 0.871. The lowest BCUT2D eigenvalue weighted by molar-refractivity contribution is -0.130. The molecule has 1 aliphatic rings. The molecule has 1 amide bonds. The first-order chi connectivity index (χ1) is 10.0. The van der Waals surface area contributed by atoms with E-state index in [2.05, 4.69) is 0 Å². The summed E-state index contributed by atoms with van der Waals surface area (Å²) in [6, 6.07) is 4.21. The van der Waals surface area contributed by atoms with Crippen LogP contribution in [-0.4, -0.2) is 35.1 Å². The highest BCUT2D eigenvalue weighted by Gasteiger charge is 2.28. The molecule has 0 bridgehead atoms. The minimum atomic E-state index is -0.488. The van der Waals surface area contributed by atoms with Crippen molar-refractivity contribution in [3.05, 3.63) is 40.7 Å². The Morgan fingerprint density at radius 2 is 2.14 bits per heavy atom. The van der Waals surface area contributed by atoms with Crippen LogP contribution in [0.1, 0.15) is 31.2 Å². The summed E-state index contributed by atoms with van der Waals surface area (Å²) < 4.78 is 13.6. The van der Waals surface area contributed by atoms with Gasteiger partial charge in [0, 0.05) is 18.7 Å². The van der Waals surface area contributed by atoms with E-state index in [9.17, 15) is 14.3 Å². The Bertz CT molecular complexity index is 527. The molecule has 0 saturated heterocycles. The van der Waals surface area contributed by atoms with Crippen molar-refractivity contribution < 1.29 is 14.3 Å². The summed E-state index contributed by atoms with van der Waals surface area (Å²) in [6.07, 6.45) is 5.68. The molecule has 0 aliphatic heterocycles. The summed E-state index contributed by atoms with van der Waals surface area (Å²) in [4.78, 5) is 13.7. The predicted octanol–water partition coefficient (Wildman–Crippen LogP) is 3.25. The van der Waals surface area contributed by atoms with Crippen LogP contribution >= 0.6 is 11.6 Å². The lowest BCUT2D eigenvalue weighted by atomic mass is 9.91. The van der Waals surface area contributed by atoms with E-state index in [4.69, 9.17) is 11.6 Å². The average Bonchev–Trinajstić information content (AvgIpc) is 2.46. The van der Waals surface area contributed by atoms with Crippen molar-refractivity contribution in [2.75, 3.05) is 7.05 Å². The summed E-state index contributed by atoms with van der Waals surface area (Å²) in [5, 5.41) is 10.2. The van der Waals surface area contributed by atoms with Crippen molar-refractivity contribution in [3.8, 4) is 0 Å². The number of aliphatic hydroxyl groups excluding tert-OH is 1. The predicted molar refractivity (Wildman–Crippen MR) is 81.5 cm³/mol. The SMILES string of the molecule is CN(C(=O)/C=C/c1c(F)cccc1Cl)C1CCCCC1O. The third-order valence-corrected chi connectivity index (χ3v) is 4.26. The van der Waals surface area contributed by atoms with Gasteiger partial charge in [-0.3, -0.25) is 4.79 Å². The van der Waals surface area contributed by atoms with Gasteiger partial charge in [-0.25, -0.2) is 4.39 Å². The van der Waals surface area contributed by atoms with Gasteiger partial charge < -0.3 is 10.0 Å². The van der Waals surface area contributed by atoms with Crippen molar-refractivity contribution in [1.82, 2.24) is 4.90 Å². The van der Waals surface area contributed by atoms with Gasteiger partial charge in [0.2, 0.25) is 5.91 Å². The zero-order valence-electron chi connectivity index (χ0n) is 11.9. The van der Waals surface area contributed by atoms with Gasteiger partial charge in [-0.1, -0.05) is 30.5 Å². The van der Waals surface area contributed by atoms with Gasteiger partial charge in [-0.15, -0.1) is 0 Å². The largest absolute Gasteiger partial charge is 0.391 e. The number of hydrogen-bond donors (Lipinski definition) is 1. The number of benzene rings is 1. The third-order valence-electron chi connectivity index (χ3n) is 3.93. The van der Waals surface area contributed by atoms with Crippen LogP contribution in [0.2, 0.25) is 5.02 Å². The highest BCUT2D eigenvalue weighted by atomic mass is 35.5. The zero-order chi connectivity index (χ0) is 15.4. The monoisotopic (exact) mass is 311 g/mol. The Morgan fingerprint density at radius 3 is 2.81 bits per heavy atom. The number of halogens is 2. The zero-order valence-corrected chi connectivity index (χ0v) is 12.7. The smallest absolute Gasteiger partial charge is 0.246 e. The number of carbonyl (C=O) groups excluding carboxylic acids is 1. The lowest BCUT2D eigenvalue weighted by Crippen LogP contribution is -2.45. The molecule has 2 atom stereocenters. The van der Waals surface area contributed by atoms with Crippen LogP contribution in [0.5, 0.6) is 0 Å². The minimum Gasteiger partial charge on any atom is -0.391 e. The maximum Gasteiger partial charge on any atom is 0.246 e. The van der Waals surface area contributed by atoms with Gasteiger partial charge in [-0.2, -0.15) is 0 Å². The maximum atomic E-state index is 13.6. The molecule has 5 heteroatoms. The molecule has 0 aromatic heterocycles. The van der Waals surface area contributed by atoms with Crippen LogP contribution in [0, 0.1) is 5.82 Å². The van der Waals surface area contributed by atoms with E-state index in [1.807, 2.05) is 0 Å². The van der Waals surface area contributed by atoms with E-state index in [-0.39, 0.29) is 22.5 Å². The van der Waals surface area contributed by atoms with E-state index >= 15 is 0 Å². The molecule has 1 saturated carbocycles. The molecular weight excluding hydrogens is 293 g/mol. The molecule has 1 aliphatic carbocycles. The van der Waals surface area contributed by atoms with Crippen LogP contribution in [0.4, 0.5) is 4.39 Å². The maximum absolute atomic E-state index is 13.6. The fourth-order valence-electron chi connectivity index (χ4n) is 2.65. The topological polar surface area (TPSA) is 40.5 Å². The molecule has 2 unspecified atom stereocenters. The first kappa shape index (κ1) is 16.0. The molecule has 0 spiro atoms. The van der Waals surface area contributed by atoms with Crippen molar-refractivity contribution >= 4 is 23.6 Å². The van der Waals surface area contributed by atoms with E-state index in [0.29, 0.717) is 6.42 Å². The molecular formula is C16H19ClFNO2. The van der Waals surface area contributed by atoms with Gasteiger partial charge in [0.25, 0.3) is 0 Å². The summed E-state index contributed by atoms with van der Waals surface area (Å²) in [6.45, 7) is 0. The van der Waals surface area contributed by atoms with Crippen LogP contribution < -0.4 is 0 Å². The highest BCUT2D eigenvalue weighted by Crippen LogP contribution is 2.23. The summed E-state index contributed by atoms with van der Waals surface area (Å²) in [5.41, 5.74) is 0.199. The Labute approximate surface area is 129 Å².